The molecule has 1 saturated carbocycles. The molecule has 170 valence electrons. The number of hydrogen-bond acceptors (Lipinski definition) is 5. The van der Waals surface area contributed by atoms with Crippen molar-refractivity contribution in [2.24, 2.45) is 0 Å². The van der Waals surface area contributed by atoms with Gasteiger partial charge in [-0.1, -0.05) is 30.3 Å². The smallest absolute Gasteiger partial charge is 0.254 e. The molecule has 3 aliphatic heterocycles. The average molecular weight is 445 g/mol. The number of piperidine rings is 1. The number of nitrogens with zero attached hydrogens (tertiary/aromatic N) is 2. The summed E-state index contributed by atoms with van der Waals surface area (Å²) in [4.78, 5) is 17.7. The van der Waals surface area contributed by atoms with Gasteiger partial charge in [-0.2, -0.15) is 0 Å². The van der Waals surface area contributed by atoms with Gasteiger partial charge in [-0.25, -0.2) is 0 Å². The first-order valence-corrected chi connectivity index (χ1v) is 12.0. The zero-order chi connectivity index (χ0) is 22.5. The Balaban J connectivity index is 1.38. The SMILES string of the molecule is C=CCN1CC[C@]23c4c5ccc(O)c4O[C@H]2[C@@H](N2Cc4ccccc4C2=O)CCC3(O)[C@H]1C5. The van der Waals surface area contributed by atoms with Gasteiger partial charge >= 0.3 is 0 Å². The molecular formula is C27H28N2O4. The minimum atomic E-state index is -0.975. The van der Waals surface area contributed by atoms with E-state index in [9.17, 15) is 15.0 Å². The molecule has 1 amide bonds. The number of rotatable bonds is 3. The molecule has 1 spiro atoms. The van der Waals surface area contributed by atoms with Crippen LogP contribution in [0.25, 0.3) is 0 Å². The van der Waals surface area contributed by atoms with Gasteiger partial charge in [0.05, 0.1) is 17.1 Å². The largest absolute Gasteiger partial charge is 0.504 e. The van der Waals surface area contributed by atoms with Crippen molar-refractivity contribution in [1.29, 1.82) is 0 Å². The number of amides is 1. The second-order valence-electron chi connectivity index (χ2n) is 10.3. The third-order valence-electron chi connectivity index (χ3n) is 9.15. The Hall–Kier alpha value is -2.83. The summed E-state index contributed by atoms with van der Waals surface area (Å²) in [5.41, 5.74) is 2.33. The summed E-state index contributed by atoms with van der Waals surface area (Å²) in [5, 5.41) is 23.2. The Bertz CT molecular complexity index is 1210. The van der Waals surface area contributed by atoms with Crippen LogP contribution in [0.3, 0.4) is 0 Å². The first kappa shape index (κ1) is 19.6. The molecule has 2 aromatic rings. The summed E-state index contributed by atoms with van der Waals surface area (Å²) < 4.78 is 6.60. The lowest BCUT2D eigenvalue weighted by Gasteiger charge is -2.64. The van der Waals surface area contributed by atoms with Gasteiger partial charge in [-0.15, -0.1) is 6.58 Å². The number of fused-ring (bicyclic) bond motifs is 1. The maximum Gasteiger partial charge on any atom is 0.254 e. The van der Waals surface area contributed by atoms with Crippen LogP contribution in [-0.4, -0.2) is 62.8 Å². The van der Waals surface area contributed by atoms with Gasteiger partial charge in [0.1, 0.15) is 6.10 Å². The molecule has 6 nitrogen and oxygen atoms in total. The zero-order valence-electron chi connectivity index (χ0n) is 18.5. The van der Waals surface area contributed by atoms with Crippen LogP contribution in [0.1, 0.15) is 46.3 Å². The monoisotopic (exact) mass is 444 g/mol. The Labute approximate surface area is 193 Å². The highest BCUT2D eigenvalue weighted by molar-refractivity contribution is 5.98. The number of phenolic OH excluding ortho intramolecular Hbond substituents is 1. The molecule has 5 atom stereocenters. The van der Waals surface area contributed by atoms with E-state index in [4.69, 9.17) is 4.74 Å². The molecule has 33 heavy (non-hydrogen) atoms. The molecule has 2 N–H and O–H groups in total. The topological polar surface area (TPSA) is 73.2 Å². The zero-order valence-corrected chi connectivity index (χ0v) is 18.5. The van der Waals surface area contributed by atoms with Gasteiger partial charge in [0.15, 0.2) is 11.5 Å². The lowest BCUT2D eigenvalue weighted by molar-refractivity contribution is -0.196. The van der Waals surface area contributed by atoms with E-state index in [2.05, 4.69) is 11.5 Å². The maximum absolute atomic E-state index is 13.4. The first-order valence-electron chi connectivity index (χ1n) is 12.0. The molecule has 2 bridgehead atoms. The molecule has 0 aromatic heterocycles. The predicted molar refractivity (Wildman–Crippen MR) is 122 cm³/mol. The Kier molecular flexibility index (Phi) is 3.80. The number of hydrogen-bond donors (Lipinski definition) is 2. The highest BCUT2D eigenvalue weighted by atomic mass is 16.5. The molecule has 6 heteroatoms. The van der Waals surface area contributed by atoms with Crippen LogP contribution in [0.4, 0.5) is 0 Å². The van der Waals surface area contributed by atoms with Gasteiger partial charge in [-0.3, -0.25) is 9.69 Å². The van der Waals surface area contributed by atoms with Crippen molar-refractivity contribution < 1.29 is 19.7 Å². The van der Waals surface area contributed by atoms with E-state index in [1.165, 1.54) is 0 Å². The van der Waals surface area contributed by atoms with Crippen LogP contribution in [0.2, 0.25) is 0 Å². The van der Waals surface area contributed by atoms with Crippen molar-refractivity contribution in [3.63, 3.8) is 0 Å². The summed E-state index contributed by atoms with van der Waals surface area (Å²) in [5.74, 6) is 0.683. The van der Waals surface area contributed by atoms with Gasteiger partial charge in [0, 0.05) is 30.3 Å². The number of phenols is 1. The van der Waals surface area contributed by atoms with Gasteiger partial charge in [0.25, 0.3) is 5.91 Å². The van der Waals surface area contributed by atoms with Crippen LogP contribution in [0.5, 0.6) is 11.5 Å². The molecule has 2 fully saturated rings. The number of benzene rings is 2. The van der Waals surface area contributed by atoms with Crippen molar-refractivity contribution in [2.75, 3.05) is 13.1 Å². The fourth-order valence-electron chi connectivity index (χ4n) is 7.85. The third kappa shape index (κ3) is 2.19. The Morgan fingerprint density at radius 1 is 1.18 bits per heavy atom. The maximum atomic E-state index is 13.4. The second-order valence-corrected chi connectivity index (χ2v) is 10.3. The van der Waals surface area contributed by atoms with E-state index in [1.807, 2.05) is 41.3 Å². The number of ether oxygens (including phenoxy) is 1. The summed E-state index contributed by atoms with van der Waals surface area (Å²) in [6.45, 7) is 6.06. The molecule has 3 heterocycles. The van der Waals surface area contributed by atoms with Crippen LogP contribution < -0.4 is 4.74 Å². The number of aromatic hydroxyl groups is 1. The van der Waals surface area contributed by atoms with E-state index < -0.39 is 11.0 Å². The van der Waals surface area contributed by atoms with E-state index >= 15 is 0 Å². The summed E-state index contributed by atoms with van der Waals surface area (Å²) in [7, 11) is 0. The fourth-order valence-corrected chi connectivity index (χ4v) is 7.85. The van der Waals surface area contributed by atoms with Crippen molar-refractivity contribution >= 4 is 5.91 Å². The molecule has 1 saturated heterocycles. The normalized spacial score (nSPS) is 35.7. The lowest BCUT2D eigenvalue weighted by atomic mass is 9.48. The van der Waals surface area contributed by atoms with E-state index in [1.54, 1.807) is 6.07 Å². The molecule has 7 rings (SSSR count). The van der Waals surface area contributed by atoms with Crippen LogP contribution in [-0.2, 0) is 18.4 Å². The van der Waals surface area contributed by atoms with Crippen molar-refractivity contribution in [1.82, 2.24) is 9.80 Å². The van der Waals surface area contributed by atoms with Crippen molar-refractivity contribution in [3.8, 4) is 11.5 Å². The van der Waals surface area contributed by atoms with Crippen LogP contribution in [0, 0.1) is 0 Å². The standard InChI is InChI=1S/C27H28N2O4/c1-2-12-28-13-11-26-22-16-7-8-20(30)23(22)33-24(26)19(9-10-27(26,32)21(28)14-16)29-15-17-5-3-4-6-18(17)25(29)31/h2-8,19,21,24,30,32H,1,9-15H2/t19-,21+,24-,26-,27?/m0/s1. The fraction of sp³-hybridized carbons (Fsp3) is 0.444. The molecule has 1 unspecified atom stereocenters. The van der Waals surface area contributed by atoms with E-state index in [0.29, 0.717) is 25.1 Å². The van der Waals surface area contributed by atoms with Gasteiger partial charge < -0.3 is 19.8 Å². The predicted octanol–water partition coefficient (Wildman–Crippen LogP) is 2.76. The van der Waals surface area contributed by atoms with E-state index in [0.717, 1.165) is 48.2 Å². The molecule has 5 aliphatic rings. The Morgan fingerprint density at radius 3 is 2.85 bits per heavy atom. The minimum Gasteiger partial charge on any atom is -0.504 e. The summed E-state index contributed by atoms with van der Waals surface area (Å²) in [6, 6.07) is 11.3. The molecular weight excluding hydrogens is 416 g/mol. The van der Waals surface area contributed by atoms with Crippen LogP contribution >= 0.6 is 0 Å². The first-order chi connectivity index (χ1) is 16.0. The highest BCUT2D eigenvalue weighted by Crippen LogP contribution is 2.66. The average Bonchev–Trinajstić information content (AvgIpc) is 3.33. The number of carbonyl (C=O) groups excluding carboxylic acids is 1. The second kappa shape index (κ2) is 6.39. The quantitative estimate of drug-likeness (QED) is 0.713. The van der Waals surface area contributed by atoms with Gasteiger partial charge in [0.2, 0.25) is 0 Å². The number of carbonyl (C=O) groups is 1. The number of likely N-dealkylation sites (tertiary alicyclic amines) is 1. The van der Waals surface area contributed by atoms with Crippen molar-refractivity contribution in [3.05, 3.63) is 71.3 Å². The van der Waals surface area contributed by atoms with E-state index in [-0.39, 0.29) is 29.8 Å². The Morgan fingerprint density at radius 2 is 2.03 bits per heavy atom. The molecule has 0 radical (unpaired) electrons. The molecule has 2 aliphatic carbocycles. The summed E-state index contributed by atoms with van der Waals surface area (Å²) >= 11 is 0. The van der Waals surface area contributed by atoms with Gasteiger partial charge in [-0.05, 0) is 55.5 Å². The van der Waals surface area contributed by atoms with Crippen LogP contribution in [0.15, 0.2) is 49.1 Å². The third-order valence-corrected chi connectivity index (χ3v) is 9.15. The lowest BCUT2D eigenvalue weighted by Crippen LogP contribution is -2.78. The molecule has 2 aromatic carbocycles. The summed E-state index contributed by atoms with van der Waals surface area (Å²) in [6.07, 6.45) is 4.25. The number of aliphatic hydroxyl groups is 1. The highest BCUT2D eigenvalue weighted by Gasteiger charge is 2.73. The minimum absolute atomic E-state index is 0.0363. The van der Waals surface area contributed by atoms with Crippen molar-refractivity contribution in [2.45, 2.75) is 61.4 Å².